The van der Waals surface area contributed by atoms with Gasteiger partial charge in [-0.25, -0.2) is 4.79 Å². The third-order valence-corrected chi connectivity index (χ3v) is 5.87. The summed E-state index contributed by atoms with van der Waals surface area (Å²) in [6, 6.07) is 15.3. The molecule has 0 saturated carbocycles. The normalized spacial score (nSPS) is 12.0. The lowest BCUT2D eigenvalue weighted by Crippen LogP contribution is -2.40. The zero-order valence-electron chi connectivity index (χ0n) is 21.3. The molecule has 1 unspecified atom stereocenters. The molecule has 0 aliphatic rings. The number of anilines is 1. The molecule has 2 aromatic rings. The lowest BCUT2D eigenvalue weighted by molar-refractivity contribution is -0.121. The van der Waals surface area contributed by atoms with Gasteiger partial charge in [-0.05, 0) is 41.4 Å². The van der Waals surface area contributed by atoms with E-state index in [1.165, 1.54) is 0 Å². The first-order valence-corrected chi connectivity index (χ1v) is 12.3. The summed E-state index contributed by atoms with van der Waals surface area (Å²) in [5, 5.41) is 9.17. The lowest BCUT2D eigenvalue weighted by atomic mass is 9.93. The zero-order chi connectivity index (χ0) is 24.9. The molecule has 1 atom stereocenters. The molecule has 0 aromatic heterocycles. The van der Waals surface area contributed by atoms with Gasteiger partial charge in [0.15, 0.2) is 0 Å². The van der Waals surface area contributed by atoms with Crippen molar-refractivity contribution in [1.82, 2.24) is 10.6 Å². The Morgan fingerprint density at radius 3 is 2.09 bits per heavy atom. The summed E-state index contributed by atoms with van der Waals surface area (Å²) < 4.78 is 5.05. The molecule has 6 heteroatoms. The Hall–Kier alpha value is -2.86. The molecule has 0 aliphatic carbocycles. The van der Waals surface area contributed by atoms with Crippen LogP contribution in [0.1, 0.15) is 87.9 Å². The van der Waals surface area contributed by atoms with Gasteiger partial charge in [0.2, 0.25) is 5.91 Å². The summed E-state index contributed by atoms with van der Waals surface area (Å²) in [5.41, 5.74) is 4.04. The van der Waals surface area contributed by atoms with Gasteiger partial charge in [-0.1, -0.05) is 82.6 Å². The second-order valence-electron chi connectivity index (χ2n) is 9.29. The molecule has 6 nitrogen and oxygen atoms in total. The lowest BCUT2D eigenvalue weighted by Gasteiger charge is -2.23. The van der Waals surface area contributed by atoms with Crippen LogP contribution in [0.4, 0.5) is 10.5 Å². The monoisotopic (exact) mass is 467 g/mol. The summed E-state index contributed by atoms with van der Waals surface area (Å²) in [5.74, 6) is 0.553. The highest BCUT2D eigenvalue weighted by molar-refractivity contribution is 5.91. The number of ether oxygens (including phenoxy) is 1. The Bertz CT molecular complexity index is 871. The molecule has 2 rings (SSSR count). The van der Waals surface area contributed by atoms with E-state index in [9.17, 15) is 9.59 Å². The summed E-state index contributed by atoms with van der Waals surface area (Å²) in [4.78, 5) is 25.5. The van der Waals surface area contributed by atoms with Crippen LogP contribution >= 0.6 is 0 Å². The van der Waals surface area contributed by atoms with Crippen LogP contribution in [0.2, 0.25) is 0 Å². The van der Waals surface area contributed by atoms with Crippen LogP contribution < -0.4 is 16.0 Å². The molecule has 0 spiro atoms. The highest BCUT2D eigenvalue weighted by Gasteiger charge is 2.19. The Balaban J connectivity index is 2.07. The highest BCUT2D eigenvalue weighted by atomic mass is 16.5. The second kappa shape index (κ2) is 14.4. The maximum Gasteiger partial charge on any atom is 0.319 e. The topological polar surface area (TPSA) is 79.5 Å². The minimum atomic E-state index is -0.340. The van der Waals surface area contributed by atoms with E-state index in [-0.39, 0.29) is 29.8 Å². The summed E-state index contributed by atoms with van der Waals surface area (Å²) in [6.07, 6.45) is 3.20. The first-order chi connectivity index (χ1) is 16.3. The number of benzene rings is 2. The minimum Gasteiger partial charge on any atom is -0.385 e. The third-order valence-electron chi connectivity index (χ3n) is 5.87. The van der Waals surface area contributed by atoms with Crippen LogP contribution in [-0.2, 0) is 9.53 Å². The van der Waals surface area contributed by atoms with Crippen molar-refractivity contribution in [2.75, 3.05) is 25.6 Å². The number of carbonyl (C=O) groups excluding carboxylic acids is 2. The van der Waals surface area contributed by atoms with Gasteiger partial charge < -0.3 is 20.7 Å². The largest absolute Gasteiger partial charge is 0.385 e. The smallest absolute Gasteiger partial charge is 0.319 e. The Labute approximate surface area is 204 Å². The standard InChI is InChI=1S/C28H41N3O3/c1-20(2)23-15-12-16-24(21(3)4)27(23)31-28(33)30-25(22-13-8-6-9-14-22)19-29-26(32)17-10-7-11-18-34-5/h6,8-9,12-16,20-21,25H,7,10-11,17-19H2,1-5H3,(H,29,32)(H2,30,31,33). The number of carbonyl (C=O) groups is 2. The van der Waals surface area contributed by atoms with E-state index in [0.717, 1.165) is 48.2 Å². The van der Waals surface area contributed by atoms with Crippen molar-refractivity contribution in [2.24, 2.45) is 0 Å². The maximum atomic E-state index is 13.1. The highest BCUT2D eigenvalue weighted by Crippen LogP contribution is 2.32. The van der Waals surface area contributed by atoms with Gasteiger partial charge in [0.25, 0.3) is 0 Å². The van der Waals surface area contributed by atoms with Crippen molar-refractivity contribution in [3.05, 3.63) is 65.2 Å². The number of methoxy groups -OCH3 is 1. The third kappa shape index (κ3) is 8.82. The van der Waals surface area contributed by atoms with E-state index in [2.05, 4.69) is 55.8 Å². The average molecular weight is 468 g/mol. The molecule has 34 heavy (non-hydrogen) atoms. The van der Waals surface area contributed by atoms with Crippen LogP contribution in [0.25, 0.3) is 0 Å². The molecule has 0 bridgehead atoms. The molecular formula is C28H41N3O3. The number of hydrogen-bond donors (Lipinski definition) is 3. The van der Waals surface area contributed by atoms with Gasteiger partial charge >= 0.3 is 6.03 Å². The molecule has 2 aromatic carbocycles. The molecule has 3 amide bonds. The number of urea groups is 1. The van der Waals surface area contributed by atoms with E-state index < -0.39 is 0 Å². The summed E-state index contributed by atoms with van der Waals surface area (Å²) in [6.45, 7) is 9.55. The predicted molar refractivity (Wildman–Crippen MR) is 139 cm³/mol. The van der Waals surface area contributed by atoms with Gasteiger partial charge in [0, 0.05) is 32.4 Å². The van der Waals surface area contributed by atoms with Crippen molar-refractivity contribution < 1.29 is 14.3 Å². The first kappa shape index (κ1) is 27.4. The van der Waals surface area contributed by atoms with E-state index in [1.54, 1.807) is 7.11 Å². The minimum absolute atomic E-state index is 0.00666. The second-order valence-corrected chi connectivity index (χ2v) is 9.29. The van der Waals surface area contributed by atoms with Crippen LogP contribution in [-0.4, -0.2) is 32.2 Å². The predicted octanol–water partition coefficient (Wildman–Crippen LogP) is 6.12. The fraction of sp³-hybridized carbons (Fsp3) is 0.500. The van der Waals surface area contributed by atoms with Crippen LogP contribution in [0.3, 0.4) is 0 Å². The van der Waals surface area contributed by atoms with Crippen molar-refractivity contribution in [1.29, 1.82) is 0 Å². The zero-order valence-corrected chi connectivity index (χ0v) is 21.3. The fourth-order valence-corrected chi connectivity index (χ4v) is 3.95. The number of para-hydroxylation sites is 1. The molecule has 3 N–H and O–H groups in total. The number of amides is 3. The van der Waals surface area contributed by atoms with Crippen LogP contribution in [0, 0.1) is 0 Å². The summed E-state index contributed by atoms with van der Waals surface area (Å²) >= 11 is 0. The first-order valence-electron chi connectivity index (χ1n) is 12.3. The number of hydrogen-bond acceptors (Lipinski definition) is 3. The average Bonchev–Trinajstić information content (AvgIpc) is 2.82. The number of rotatable bonds is 13. The molecule has 186 valence electrons. The van der Waals surface area contributed by atoms with Crippen LogP contribution in [0.5, 0.6) is 0 Å². The molecule has 0 heterocycles. The van der Waals surface area contributed by atoms with Crippen molar-refractivity contribution >= 4 is 17.6 Å². The van der Waals surface area contributed by atoms with Gasteiger partial charge in [-0.2, -0.15) is 0 Å². The SMILES string of the molecule is COCCCCCC(=O)NCC(NC(=O)Nc1c(C(C)C)cccc1C(C)C)c1ccccc1. The van der Waals surface area contributed by atoms with E-state index in [4.69, 9.17) is 4.74 Å². The molecular weight excluding hydrogens is 426 g/mol. The van der Waals surface area contributed by atoms with Crippen molar-refractivity contribution in [3.63, 3.8) is 0 Å². The van der Waals surface area contributed by atoms with Gasteiger partial charge in [-0.3, -0.25) is 4.79 Å². The number of unbranched alkanes of at least 4 members (excludes halogenated alkanes) is 2. The Morgan fingerprint density at radius 1 is 0.853 bits per heavy atom. The number of nitrogens with one attached hydrogen (secondary N) is 3. The summed E-state index contributed by atoms with van der Waals surface area (Å²) in [7, 11) is 1.69. The van der Waals surface area contributed by atoms with Gasteiger partial charge in [0.05, 0.1) is 6.04 Å². The van der Waals surface area contributed by atoms with Crippen molar-refractivity contribution in [3.8, 4) is 0 Å². The molecule has 0 saturated heterocycles. The van der Waals surface area contributed by atoms with E-state index in [1.807, 2.05) is 36.4 Å². The maximum absolute atomic E-state index is 13.1. The molecule has 0 fully saturated rings. The van der Waals surface area contributed by atoms with Gasteiger partial charge in [0.1, 0.15) is 0 Å². The van der Waals surface area contributed by atoms with E-state index in [0.29, 0.717) is 13.0 Å². The van der Waals surface area contributed by atoms with Crippen LogP contribution in [0.15, 0.2) is 48.5 Å². The van der Waals surface area contributed by atoms with Gasteiger partial charge in [-0.15, -0.1) is 0 Å². The Kier molecular flexibility index (Phi) is 11.6. The molecule has 0 aliphatic heterocycles. The van der Waals surface area contributed by atoms with E-state index >= 15 is 0 Å². The Morgan fingerprint density at radius 2 is 1.50 bits per heavy atom. The fourth-order valence-electron chi connectivity index (χ4n) is 3.95. The quantitative estimate of drug-likeness (QED) is 0.311. The van der Waals surface area contributed by atoms with Crippen molar-refractivity contribution in [2.45, 2.75) is 71.3 Å². The molecule has 0 radical (unpaired) electrons.